The molecule has 1 atom stereocenters. The smallest absolute Gasteiger partial charge is 0.262 e. The van der Waals surface area contributed by atoms with E-state index in [0.29, 0.717) is 24.8 Å². The van der Waals surface area contributed by atoms with Crippen LogP contribution in [0.2, 0.25) is 0 Å². The molecule has 0 heterocycles. The zero-order chi connectivity index (χ0) is 18.8. The van der Waals surface area contributed by atoms with Gasteiger partial charge in [-0.15, -0.1) is 0 Å². The zero-order valence-corrected chi connectivity index (χ0v) is 15.7. The molecule has 1 N–H and O–H groups in total. The lowest BCUT2D eigenvalue weighted by molar-refractivity contribution is -0.118. The molecule has 0 aliphatic heterocycles. The fourth-order valence-corrected chi connectivity index (χ4v) is 2.46. The highest BCUT2D eigenvalue weighted by Gasteiger charge is 2.11. The number of nitrogens with one attached hydrogen (secondary N) is 1. The molecule has 5 heteroatoms. The Kier molecular flexibility index (Phi) is 7.96. The summed E-state index contributed by atoms with van der Waals surface area (Å²) in [5.74, 6) is 1.69. The number of amides is 1. The summed E-state index contributed by atoms with van der Waals surface area (Å²) in [6, 6.07) is 15.1. The number of rotatable bonds is 10. The van der Waals surface area contributed by atoms with Gasteiger partial charge in [-0.3, -0.25) is 4.79 Å². The largest absolute Gasteiger partial charge is 0.491 e. The molecule has 26 heavy (non-hydrogen) atoms. The number of ether oxygens (including phenoxy) is 3. The van der Waals surface area contributed by atoms with Gasteiger partial charge >= 0.3 is 0 Å². The Labute approximate surface area is 155 Å². The highest BCUT2D eigenvalue weighted by atomic mass is 16.5. The highest BCUT2D eigenvalue weighted by Crippen LogP contribution is 2.28. The predicted molar refractivity (Wildman–Crippen MR) is 103 cm³/mol. The van der Waals surface area contributed by atoms with Crippen LogP contribution in [0, 0.1) is 0 Å². The average molecular weight is 357 g/mol. The minimum atomic E-state index is -0.197. The van der Waals surface area contributed by atoms with Gasteiger partial charge in [0.1, 0.15) is 18.1 Å². The Morgan fingerprint density at radius 2 is 1.77 bits per heavy atom. The van der Waals surface area contributed by atoms with Gasteiger partial charge in [0, 0.05) is 12.8 Å². The second-order valence-electron chi connectivity index (χ2n) is 6.05. The van der Waals surface area contributed by atoms with Crippen LogP contribution >= 0.6 is 0 Å². The molecule has 1 unspecified atom stereocenters. The summed E-state index contributed by atoms with van der Waals surface area (Å²) in [4.78, 5) is 12.1. The number of hydrogen-bond donors (Lipinski definition) is 1. The number of para-hydroxylation sites is 1. The molecule has 2 aromatic carbocycles. The van der Waals surface area contributed by atoms with Gasteiger partial charge in [0.25, 0.3) is 5.91 Å². The standard InChI is InChI=1S/C21H27NO4/c1-4-16(2)19-7-5-6-8-20(19)26-15-21(23)22-17-9-11-18(12-10-17)25-14-13-24-3/h5-12,16H,4,13-15H2,1-3H3,(H,22,23). The minimum absolute atomic E-state index is 0.0282. The van der Waals surface area contributed by atoms with Crippen LogP contribution in [0.4, 0.5) is 5.69 Å². The van der Waals surface area contributed by atoms with Crippen molar-refractivity contribution in [3.05, 3.63) is 54.1 Å². The summed E-state index contributed by atoms with van der Waals surface area (Å²) in [6.07, 6.45) is 1.02. The van der Waals surface area contributed by atoms with Gasteiger partial charge < -0.3 is 19.5 Å². The molecule has 5 nitrogen and oxygen atoms in total. The van der Waals surface area contributed by atoms with E-state index in [-0.39, 0.29) is 12.5 Å². The molecule has 0 radical (unpaired) electrons. The van der Waals surface area contributed by atoms with E-state index >= 15 is 0 Å². The van der Waals surface area contributed by atoms with Crippen LogP contribution in [-0.2, 0) is 9.53 Å². The van der Waals surface area contributed by atoms with Gasteiger partial charge in [0.05, 0.1) is 6.61 Å². The van der Waals surface area contributed by atoms with E-state index in [1.165, 1.54) is 0 Å². The molecule has 0 aliphatic rings. The first-order valence-electron chi connectivity index (χ1n) is 8.87. The van der Waals surface area contributed by atoms with E-state index in [4.69, 9.17) is 14.2 Å². The maximum absolute atomic E-state index is 12.1. The Morgan fingerprint density at radius 3 is 2.46 bits per heavy atom. The van der Waals surface area contributed by atoms with E-state index in [2.05, 4.69) is 19.2 Å². The van der Waals surface area contributed by atoms with Crippen LogP contribution in [0.25, 0.3) is 0 Å². The molecular formula is C21H27NO4. The van der Waals surface area contributed by atoms with E-state index in [9.17, 15) is 4.79 Å². The second-order valence-corrected chi connectivity index (χ2v) is 6.05. The van der Waals surface area contributed by atoms with Gasteiger partial charge in [-0.1, -0.05) is 32.0 Å². The van der Waals surface area contributed by atoms with Gasteiger partial charge in [-0.2, -0.15) is 0 Å². The van der Waals surface area contributed by atoms with Crippen molar-refractivity contribution < 1.29 is 19.0 Å². The zero-order valence-electron chi connectivity index (χ0n) is 15.7. The molecule has 0 bridgehead atoms. The lowest BCUT2D eigenvalue weighted by Gasteiger charge is -2.15. The molecule has 0 saturated carbocycles. The number of hydrogen-bond acceptors (Lipinski definition) is 4. The number of carbonyl (C=O) groups is 1. The van der Waals surface area contributed by atoms with Gasteiger partial charge in [-0.25, -0.2) is 0 Å². The quantitative estimate of drug-likeness (QED) is 0.646. The third-order valence-electron chi connectivity index (χ3n) is 4.12. The Hall–Kier alpha value is -2.53. The average Bonchev–Trinajstić information content (AvgIpc) is 2.67. The van der Waals surface area contributed by atoms with Crippen molar-refractivity contribution in [1.29, 1.82) is 0 Å². The fraction of sp³-hybridized carbons (Fsp3) is 0.381. The number of anilines is 1. The summed E-state index contributed by atoms with van der Waals surface area (Å²) >= 11 is 0. The summed E-state index contributed by atoms with van der Waals surface area (Å²) < 4.78 is 16.2. The third-order valence-corrected chi connectivity index (χ3v) is 4.12. The maximum atomic E-state index is 12.1. The number of methoxy groups -OCH3 is 1. The third kappa shape index (κ3) is 6.08. The van der Waals surface area contributed by atoms with Crippen molar-refractivity contribution in [2.45, 2.75) is 26.2 Å². The molecule has 0 fully saturated rings. The summed E-state index contributed by atoms with van der Waals surface area (Å²) in [7, 11) is 1.63. The lowest BCUT2D eigenvalue weighted by Crippen LogP contribution is -2.20. The Bertz CT molecular complexity index is 685. The summed E-state index contributed by atoms with van der Waals surface area (Å²) in [5, 5.41) is 2.83. The van der Waals surface area contributed by atoms with Crippen LogP contribution in [0.15, 0.2) is 48.5 Å². The normalized spacial score (nSPS) is 11.7. The highest BCUT2D eigenvalue weighted by molar-refractivity contribution is 5.91. The molecular weight excluding hydrogens is 330 g/mol. The lowest BCUT2D eigenvalue weighted by atomic mass is 9.98. The van der Waals surface area contributed by atoms with E-state index < -0.39 is 0 Å². The first-order chi connectivity index (χ1) is 12.6. The molecule has 0 aliphatic carbocycles. The predicted octanol–water partition coefficient (Wildman–Crippen LogP) is 4.24. The Morgan fingerprint density at radius 1 is 1.04 bits per heavy atom. The summed E-state index contributed by atoms with van der Waals surface area (Å²) in [5.41, 5.74) is 1.83. The van der Waals surface area contributed by atoms with Crippen molar-refractivity contribution in [3.8, 4) is 11.5 Å². The van der Waals surface area contributed by atoms with Crippen molar-refractivity contribution in [2.24, 2.45) is 0 Å². The van der Waals surface area contributed by atoms with Crippen molar-refractivity contribution in [2.75, 3.05) is 32.2 Å². The Balaban J connectivity index is 1.86. The SMILES string of the molecule is CCC(C)c1ccccc1OCC(=O)Nc1ccc(OCCOC)cc1. The molecule has 0 saturated heterocycles. The van der Waals surface area contributed by atoms with Crippen molar-refractivity contribution >= 4 is 11.6 Å². The van der Waals surface area contributed by atoms with Crippen LogP contribution in [0.1, 0.15) is 31.7 Å². The van der Waals surface area contributed by atoms with E-state index in [0.717, 1.165) is 23.5 Å². The molecule has 2 rings (SSSR count). The van der Waals surface area contributed by atoms with Crippen LogP contribution in [-0.4, -0.2) is 32.8 Å². The maximum Gasteiger partial charge on any atom is 0.262 e. The van der Waals surface area contributed by atoms with Crippen LogP contribution in [0.5, 0.6) is 11.5 Å². The number of benzene rings is 2. The second kappa shape index (κ2) is 10.5. The molecule has 0 aromatic heterocycles. The summed E-state index contributed by atoms with van der Waals surface area (Å²) in [6.45, 7) is 5.29. The molecule has 2 aromatic rings. The van der Waals surface area contributed by atoms with Gasteiger partial charge in [-0.05, 0) is 48.2 Å². The molecule has 1 amide bonds. The van der Waals surface area contributed by atoms with Gasteiger partial charge in [0.15, 0.2) is 6.61 Å². The fourth-order valence-electron chi connectivity index (χ4n) is 2.46. The first kappa shape index (κ1) is 19.8. The van der Waals surface area contributed by atoms with E-state index in [1.807, 2.05) is 36.4 Å². The first-order valence-corrected chi connectivity index (χ1v) is 8.87. The monoisotopic (exact) mass is 357 g/mol. The molecule has 0 spiro atoms. The topological polar surface area (TPSA) is 56.8 Å². The van der Waals surface area contributed by atoms with Crippen LogP contribution in [0.3, 0.4) is 0 Å². The number of carbonyl (C=O) groups excluding carboxylic acids is 1. The van der Waals surface area contributed by atoms with Gasteiger partial charge in [0.2, 0.25) is 0 Å². The minimum Gasteiger partial charge on any atom is -0.491 e. The van der Waals surface area contributed by atoms with Crippen molar-refractivity contribution in [1.82, 2.24) is 0 Å². The molecule has 140 valence electrons. The van der Waals surface area contributed by atoms with Crippen LogP contribution < -0.4 is 14.8 Å². The van der Waals surface area contributed by atoms with E-state index in [1.54, 1.807) is 19.2 Å². The van der Waals surface area contributed by atoms with Crippen molar-refractivity contribution in [3.63, 3.8) is 0 Å².